The molecule has 1 aromatic rings. The summed E-state index contributed by atoms with van der Waals surface area (Å²) < 4.78 is 6.16. The van der Waals surface area contributed by atoms with Crippen molar-refractivity contribution in [3.8, 4) is 6.07 Å². The maximum atomic E-state index is 9.07. The molecule has 0 radical (unpaired) electrons. The van der Waals surface area contributed by atoms with Crippen LogP contribution in [0.2, 0.25) is 0 Å². The monoisotopic (exact) mass is 272 g/mol. The van der Waals surface area contributed by atoms with Crippen molar-refractivity contribution in [1.29, 1.82) is 5.26 Å². The summed E-state index contributed by atoms with van der Waals surface area (Å²) in [6.07, 6.45) is 5.65. The molecule has 1 aliphatic carbocycles. The van der Waals surface area contributed by atoms with Gasteiger partial charge in [0.25, 0.3) is 0 Å². The van der Waals surface area contributed by atoms with Gasteiger partial charge in [-0.2, -0.15) is 5.26 Å². The van der Waals surface area contributed by atoms with Crippen LogP contribution in [-0.2, 0) is 11.3 Å². The van der Waals surface area contributed by atoms with Crippen LogP contribution in [0, 0.1) is 29.1 Å². The Bertz CT molecular complexity index is 478. The third-order valence-electron chi connectivity index (χ3n) is 4.41. The lowest BCUT2D eigenvalue weighted by Crippen LogP contribution is -2.34. The molecule has 0 amide bonds. The van der Waals surface area contributed by atoms with Gasteiger partial charge in [0.1, 0.15) is 11.8 Å². The van der Waals surface area contributed by atoms with Gasteiger partial charge in [0, 0.05) is 11.8 Å². The Morgan fingerprint density at radius 3 is 2.95 bits per heavy atom. The van der Waals surface area contributed by atoms with Gasteiger partial charge < -0.3 is 4.74 Å². The molecule has 1 aliphatic rings. The largest absolute Gasteiger partial charge is 0.373 e. The molecule has 0 aromatic carbocycles. The molecule has 0 spiro atoms. The smallest absolute Gasteiger partial charge is 0.145 e. The molecule has 20 heavy (non-hydrogen) atoms. The maximum Gasteiger partial charge on any atom is 0.145 e. The van der Waals surface area contributed by atoms with E-state index in [2.05, 4.69) is 31.8 Å². The Labute approximate surface area is 122 Å². The fourth-order valence-corrected chi connectivity index (χ4v) is 3.16. The van der Waals surface area contributed by atoms with Crippen molar-refractivity contribution in [2.45, 2.75) is 52.7 Å². The highest BCUT2D eigenvalue weighted by Gasteiger charge is 2.31. The highest BCUT2D eigenvalue weighted by atomic mass is 16.5. The fraction of sp³-hybridized carbons (Fsp3) is 0.647. The third kappa shape index (κ3) is 3.58. The number of ether oxygens (including phenoxy) is 1. The standard InChI is InChI=1S/C17H24N2O/c1-12(2)15-7-6-13(3)9-17(15)20-11-14-5-4-8-19-16(14)10-18/h4-5,8,12-13,15,17H,6-7,9,11H2,1-3H3. The normalized spacial score (nSPS) is 26.4. The van der Waals surface area contributed by atoms with Gasteiger partial charge in [0.2, 0.25) is 0 Å². The Morgan fingerprint density at radius 2 is 2.25 bits per heavy atom. The summed E-state index contributed by atoms with van der Waals surface area (Å²) in [6.45, 7) is 7.36. The minimum absolute atomic E-state index is 0.311. The van der Waals surface area contributed by atoms with Gasteiger partial charge in [-0.3, -0.25) is 0 Å². The summed E-state index contributed by atoms with van der Waals surface area (Å²) in [4.78, 5) is 4.09. The van der Waals surface area contributed by atoms with Crippen LogP contribution in [0.25, 0.3) is 0 Å². The van der Waals surface area contributed by atoms with Gasteiger partial charge in [0.15, 0.2) is 0 Å². The second-order valence-corrected chi connectivity index (χ2v) is 6.30. The molecule has 0 aliphatic heterocycles. The van der Waals surface area contributed by atoms with Gasteiger partial charge >= 0.3 is 0 Å². The van der Waals surface area contributed by atoms with Crippen LogP contribution in [0.5, 0.6) is 0 Å². The first kappa shape index (κ1) is 15.0. The first-order valence-electron chi connectivity index (χ1n) is 7.57. The molecule has 1 aromatic heterocycles. The molecule has 0 bridgehead atoms. The zero-order chi connectivity index (χ0) is 14.5. The van der Waals surface area contributed by atoms with E-state index in [9.17, 15) is 0 Å². The van der Waals surface area contributed by atoms with E-state index in [1.54, 1.807) is 6.20 Å². The summed E-state index contributed by atoms with van der Waals surface area (Å²) in [7, 11) is 0. The minimum atomic E-state index is 0.311. The second-order valence-electron chi connectivity index (χ2n) is 6.30. The van der Waals surface area contributed by atoms with Crippen molar-refractivity contribution in [3.63, 3.8) is 0 Å². The summed E-state index contributed by atoms with van der Waals surface area (Å²) in [5.41, 5.74) is 1.38. The highest BCUT2D eigenvalue weighted by molar-refractivity contribution is 5.29. The van der Waals surface area contributed by atoms with Crippen LogP contribution in [-0.4, -0.2) is 11.1 Å². The quantitative estimate of drug-likeness (QED) is 0.834. The molecule has 1 saturated carbocycles. The molecular formula is C17H24N2O. The Balaban J connectivity index is 2.02. The summed E-state index contributed by atoms with van der Waals surface area (Å²) in [6, 6.07) is 5.93. The van der Waals surface area contributed by atoms with Crippen molar-refractivity contribution < 1.29 is 4.74 Å². The lowest BCUT2D eigenvalue weighted by Gasteiger charge is -2.37. The first-order chi connectivity index (χ1) is 9.61. The van der Waals surface area contributed by atoms with Gasteiger partial charge in [0.05, 0.1) is 12.7 Å². The Hall–Kier alpha value is -1.40. The molecule has 2 rings (SSSR count). The van der Waals surface area contributed by atoms with Crippen molar-refractivity contribution in [3.05, 3.63) is 29.6 Å². The van der Waals surface area contributed by atoms with Crippen LogP contribution in [0.3, 0.4) is 0 Å². The summed E-state index contributed by atoms with van der Waals surface area (Å²) >= 11 is 0. The first-order valence-corrected chi connectivity index (χ1v) is 7.57. The SMILES string of the molecule is CC1CCC(C(C)C)C(OCc2cccnc2C#N)C1. The molecule has 3 unspecified atom stereocenters. The number of nitriles is 1. The fourth-order valence-electron chi connectivity index (χ4n) is 3.16. The van der Waals surface area contributed by atoms with E-state index in [1.807, 2.05) is 12.1 Å². The molecule has 1 fully saturated rings. The van der Waals surface area contributed by atoms with E-state index in [0.717, 1.165) is 17.9 Å². The van der Waals surface area contributed by atoms with Crippen LogP contribution in [0.4, 0.5) is 0 Å². The lowest BCUT2D eigenvalue weighted by atomic mass is 9.75. The predicted octanol–water partition coefficient (Wildman–Crippen LogP) is 3.93. The Kier molecular flexibility index (Phi) is 5.14. The van der Waals surface area contributed by atoms with E-state index in [0.29, 0.717) is 30.2 Å². The predicted molar refractivity (Wildman–Crippen MR) is 78.9 cm³/mol. The summed E-state index contributed by atoms with van der Waals surface area (Å²) in [5, 5.41) is 9.07. The van der Waals surface area contributed by atoms with Crippen LogP contribution in [0.15, 0.2) is 18.3 Å². The molecule has 0 N–H and O–H groups in total. The number of hydrogen-bond donors (Lipinski definition) is 0. The van der Waals surface area contributed by atoms with Gasteiger partial charge in [-0.1, -0.05) is 33.3 Å². The average Bonchev–Trinajstić information content (AvgIpc) is 2.45. The number of nitrogens with zero attached hydrogens (tertiary/aromatic N) is 2. The van der Waals surface area contributed by atoms with E-state index in [-0.39, 0.29) is 0 Å². The van der Waals surface area contributed by atoms with E-state index in [1.165, 1.54) is 12.8 Å². The highest BCUT2D eigenvalue weighted by Crippen LogP contribution is 2.35. The molecule has 108 valence electrons. The average molecular weight is 272 g/mol. The molecule has 3 atom stereocenters. The number of aromatic nitrogens is 1. The van der Waals surface area contributed by atoms with E-state index < -0.39 is 0 Å². The topological polar surface area (TPSA) is 45.9 Å². The molecule has 1 heterocycles. The number of pyridine rings is 1. The zero-order valence-corrected chi connectivity index (χ0v) is 12.7. The molecule has 3 nitrogen and oxygen atoms in total. The van der Waals surface area contributed by atoms with Gasteiger partial charge in [-0.15, -0.1) is 0 Å². The van der Waals surface area contributed by atoms with E-state index >= 15 is 0 Å². The summed E-state index contributed by atoms with van der Waals surface area (Å²) in [5.74, 6) is 2.02. The Morgan fingerprint density at radius 1 is 1.45 bits per heavy atom. The van der Waals surface area contributed by atoms with Crippen LogP contribution < -0.4 is 0 Å². The van der Waals surface area contributed by atoms with Crippen LogP contribution >= 0.6 is 0 Å². The second kappa shape index (κ2) is 6.85. The van der Waals surface area contributed by atoms with Crippen molar-refractivity contribution in [2.24, 2.45) is 17.8 Å². The molecular weight excluding hydrogens is 248 g/mol. The lowest BCUT2D eigenvalue weighted by molar-refractivity contribution is -0.0474. The molecule has 3 heteroatoms. The van der Waals surface area contributed by atoms with Crippen molar-refractivity contribution >= 4 is 0 Å². The molecule has 0 saturated heterocycles. The minimum Gasteiger partial charge on any atom is -0.373 e. The van der Waals surface area contributed by atoms with Crippen LogP contribution in [0.1, 0.15) is 51.3 Å². The number of rotatable bonds is 4. The van der Waals surface area contributed by atoms with Crippen molar-refractivity contribution in [1.82, 2.24) is 4.98 Å². The maximum absolute atomic E-state index is 9.07. The third-order valence-corrected chi connectivity index (χ3v) is 4.41. The van der Waals surface area contributed by atoms with E-state index in [4.69, 9.17) is 10.00 Å². The van der Waals surface area contributed by atoms with Crippen molar-refractivity contribution in [2.75, 3.05) is 0 Å². The number of hydrogen-bond acceptors (Lipinski definition) is 3. The van der Waals surface area contributed by atoms with Gasteiger partial charge in [-0.05, 0) is 36.7 Å². The zero-order valence-electron chi connectivity index (χ0n) is 12.7. The van der Waals surface area contributed by atoms with Gasteiger partial charge in [-0.25, -0.2) is 4.98 Å².